The van der Waals surface area contributed by atoms with Crippen molar-refractivity contribution in [3.63, 3.8) is 0 Å². The van der Waals surface area contributed by atoms with Gasteiger partial charge in [-0.1, -0.05) is 59.6 Å². The number of ether oxygens (including phenoxy) is 1. The van der Waals surface area contributed by atoms with Gasteiger partial charge in [-0.15, -0.1) is 12.4 Å². The van der Waals surface area contributed by atoms with Crippen LogP contribution in [-0.2, 0) is 4.79 Å². The van der Waals surface area contributed by atoms with E-state index in [1.807, 2.05) is 18.2 Å². The van der Waals surface area contributed by atoms with Gasteiger partial charge >= 0.3 is 0 Å². The molecule has 0 aliphatic carbocycles. The Labute approximate surface area is 169 Å². The van der Waals surface area contributed by atoms with Crippen LogP contribution in [0.1, 0.15) is 11.5 Å². The molecule has 0 saturated carbocycles. The summed E-state index contributed by atoms with van der Waals surface area (Å²) in [5.41, 5.74) is 7.14. The molecule has 0 radical (unpaired) electrons. The van der Waals surface area contributed by atoms with Gasteiger partial charge in [0.1, 0.15) is 0 Å². The summed E-state index contributed by atoms with van der Waals surface area (Å²) in [5.74, 6) is 0.746. The van der Waals surface area contributed by atoms with Crippen LogP contribution < -0.4 is 10.5 Å². The first-order valence-corrected chi connectivity index (χ1v) is 8.95. The Kier molecular flexibility index (Phi) is 7.59. The van der Waals surface area contributed by atoms with E-state index in [1.54, 1.807) is 23.1 Å². The second kappa shape index (κ2) is 9.47. The van der Waals surface area contributed by atoms with Crippen LogP contribution in [0.3, 0.4) is 0 Å². The first-order valence-electron chi connectivity index (χ1n) is 8.19. The van der Waals surface area contributed by atoms with Gasteiger partial charge in [-0.2, -0.15) is 0 Å². The molecule has 7 heteroatoms. The van der Waals surface area contributed by atoms with Gasteiger partial charge < -0.3 is 15.4 Å². The Morgan fingerprint density at radius 2 is 1.73 bits per heavy atom. The van der Waals surface area contributed by atoms with Crippen LogP contribution in [0.5, 0.6) is 5.75 Å². The normalized spacial score (nSPS) is 19.1. The topological polar surface area (TPSA) is 55.6 Å². The zero-order valence-corrected chi connectivity index (χ0v) is 16.4. The van der Waals surface area contributed by atoms with Crippen molar-refractivity contribution < 1.29 is 9.53 Å². The largest absolute Gasteiger partial charge is 0.481 e. The molecule has 0 spiro atoms. The number of halogens is 3. The minimum Gasteiger partial charge on any atom is -0.481 e. The number of rotatable bonds is 5. The van der Waals surface area contributed by atoms with Crippen molar-refractivity contribution in [2.75, 3.05) is 26.2 Å². The number of carbonyl (C=O) groups is 1. The van der Waals surface area contributed by atoms with Gasteiger partial charge in [-0.3, -0.25) is 4.79 Å². The highest BCUT2D eigenvalue weighted by Crippen LogP contribution is 2.34. The third kappa shape index (κ3) is 4.63. The fourth-order valence-electron chi connectivity index (χ4n) is 3.24. The lowest BCUT2D eigenvalue weighted by Crippen LogP contribution is -2.33. The van der Waals surface area contributed by atoms with Crippen molar-refractivity contribution in [3.8, 4) is 5.75 Å². The van der Waals surface area contributed by atoms with Crippen LogP contribution in [-0.4, -0.2) is 37.0 Å². The second-order valence-electron chi connectivity index (χ2n) is 6.15. The van der Waals surface area contributed by atoms with E-state index in [4.69, 9.17) is 33.7 Å². The number of likely N-dealkylation sites (tertiary alicyclic amines) is 1. The highest BCUT2D eigenvalue weighted by atomic mass is 35.5. The van der Waals surface area contributed by atoms with Crippen molar-refractivity contribution in [2.24, 2.45) is 11.7 Å². The average Bonchev–Trinajstić information content (AvgIpc) is 3.06. The van der Waals surface area contributed by atoms with Crippen LogP contribution in [0.2, 0.25) is 10.0 Å². The molecule has 1 heterocycles. The third-order valence-electron chi connectivity index (χ3n) is 4.58. The highest BCUT2D eigenvalue weighted by Gasteiger charge is 2.35. The van der Waals surface area contributed by atoms with Crippen molar-refractivity contribution in [1.29, 1.82) is 0 Å². The molecule has 3 rings (SSSR count). The summed E-state index contributed by atoms with van der Waals surface area (Å²) in [7, 11) is 0. The highest BCUT2D eigenvalue weighted by molar-refractivity contribution is 6.37. The van der Waals surface area contributed by atoms with E-state index in [2.05, 4.69) is 12.1 Å². The Morgan fingerprint density at radius 3 is 2.35 bits per heavy atom. The quantitative estimate of drug-likeness (QED) is 0.803. The van der Waals surface area contributed by atoms with Crippen molar-refractivity contribution in [1.82, 2.24) is 4.90 Å². The second-order valence-corrected chi connectivity index (χ2v) is 6.97. The monoisotopic (exact) mass is 414 g/mol. The van der Waals surface area contributed by atoms with E-state index >= 15 is 0 Å². The molecule has 1 fully saturated rings. The van der Waals surface area contributed by atoms with Gasteiger partial charge in [0.05, 0.1) is 10.0 Å². The number of nitrogens with zero attached hydrogens (tertiary/aromatic N) is 1. The van der Waals surface area contributed by atoms with E-state index in [1.165, 1.54) is 5.56 Å². The van der Waals surface area contributed by atoms with Crippen LogP contribution in [0, 0.1) is 5.92 Å². The number of para-hydroxylation sites is 1. The first-order chi connectivity index (χ1) is 12.1. The molecule has 4 nitrogen and oxygen atoms in total. The van der Waals surface area contributed by atoms with E-state index in [-0.39, 0.29) is 36.8 Å². The van der Waals surface area contributed by atoms with Gasteiger partial charge in [-0.25, -0.2) is 0 Å². The molecule has 2 N–H and O–H groups in total. The van der Waals surface area contributed by atoms with Gasteiger partial charge in [0.15, 0.2) is 12.4 Å². The van der Waals surface area contributed by atoms with Crippen molar-refractivity contribution in [2.45, 2.75) is 5.92 Å². The summed E-state index contributed by atoms with van der Waals surface area (Å²) in [4.78, 5) is 14.4. The maximum Gasteiger partial charge on any atom is 0.260 e. The Balaban J connectivity index is 0.00000243. The standard InChI is InChI=1S/C19H20Cl2N2O2.ClH/c20-16-7-4-8-17(21)19(16)25-12-18(24)23-10-14(9-22)15(11-23)13-5-2-1-3-6-13;/h1-8,14-15H,9-12,22H2;1H/t14-,15+;/m1./s1. The molecule has 2 aromatic rings. The van der Waals surface area contributed by atoms with Crippen LogP contribution >= 0.6 is 35.6 Å². The van der Waals surface area contributed by atoms with E-state index < -0.39 is 0 Å². The lowest BCUT2D eigenvalue weighted by Gasteiger charge is -2.17. The summed E-state index contributed by atoms with van der Waals surface area (Å²) >= 11 is 12.1. The number of benzene rings is 2. The molecule has 0 bridgehead atoms. The Morgan fingerprint density at radius 1 is 1.08 bits per heavy atom. The van der Waals surface area contributed by atoms with E-state index in [9.17, 15) is 4.79 Å². The zero-order chi connectivity index (χ0) is 17.8. The average molecular weight is 416 g/mol. The molecule has 1 aliphatic rings. The minimum atomic E-state index is -0.0950. The van der Waals surface area contributed by atoms with Crippen LogP contribution in [0.15, 0.2) is 48.5 Å². The number of carbonyl (C=O) groups excluding carboxylic acids is 1. The molecule has 1 saturated heterocycles. The summed E-state index contributed by atoms with van der Waals surface area (Å²) in [6, 6.07) is 15.3. The van der Waals surface area contributed by atoms with Gasteiger partial charge in [0.2, 0.25) is 0 Å². The predicted molar refractivity (Wildman–Crippen MR) is 108 cm³/mol. The molecular weight excluding hydrogens is 395 g/mol. The molecular formula is C19H21Cl3N2O2. The lowest BCUT2D eigenvalue weighted by molar-refractivity contribution is -0.132. The smallest absolute Gasteiger partial charge is 0.260 e. The molecule has 140 valence electrons. The number of amides is 1. The SMILES string of the molecule is Cl.NC[C@@H]1CN(C(=O)COc2c(Cl)cccc2Cl)C[C@H]1c1ccccc1. The van der Waals surface area contributed by atoms with Gasteiger partial charge in [-0.05, 0) is 30.2 Å². The first kappa shape index (κ1) is 20.8. The molecule has 2 aromatic carbocycles. The van der Waals surface area contributed by atoms with Gasteiger partial charge in [0.25, 0.3) is 5.91 Å². The van der Waals surface area contributed by atoms with Gasteiger partial charge in [0, 0.05) is 19.0 Å². The van der Waals surface area contributed by atoms with Crippen molar-refractivity contribution in [3.05, 3.63) is 64.1 Å². The molecule has 1 amide bonds. The predicted octanol–water partition coefficient (Wildman–Crippen LogP) is 3.99. The molecule has 0 unspecified atom stereocenters. The molecule has 1 aliphatic heterocycles. The fourth-order valence-corrected chi connectivity index (χ4v) is 3.74. The molecule has 2 atom stereocenters. The van der Waals surface area contributed by atoms with E-state index in [0.29, 0.717) is 35.4 Å². The number of nitrogens with two attached hydrogens (primary N) is 1. The number of hydrogen-bond acceptors (Lipinski definition) is 3. The Hall–Kier alpha value is -1.46. The molecule has 26 heavy (non-hydrogen) atoms. The van der Waals surface area contributed by atoms with Crippen LogP contribution in [0.25, 0.3) is 0 Å². The maximum absolute atomic E-state index is 12.6. The summed E-state index contributed by atoms with van der Waals surface area (Å²) in [6.45, 7) is 1.72. The third-order valence-corrected chi connectivity index (χ3v) is 5.18. The van der Waals surface area contributed by atoms with Crippen LogP contribution in [0.4, 0.5) is 0 Å². The van der Waals surface area contributed by atoms with E-state index in [0.717, 1.165) is 0 Å². The fraction of sp³-hybridized carbons (Fsp3) is 0.316. The summed E-state index contributed by atoms with van der Waals surface area (Å²) in [6.07, 6.45) is 0. The minimum absolute atomic E-state index is 0. The Bertz CT molecular complexity index is 723. The summed E-state index contributed by atoms with van der Waals surface area (Å²) in [5, 5.41) is 0.785. The zero-order valence-electron chi connectivity index (χ0n) is 14.1. The summed E-state index contributed by atoms with van der Waals surface area (Å²) < 4.78 is 5.57. The van der Waals surface area contributed by atoms with Crippen molar-refractivity contribution >= 4 is 41.5 Å². The maximum atomic E-state index is 12.6. The molecule has 0 aromatic heterocycles. The lowest BCUT2D eigenvalue weighted by atomic mass is 9.89. The number of hydrogen-bond donors (Lipinski definition) is 1.